The molecule has 1 fully saturated rings. The van der Waals surface area contributed by atoms with Crippen molar-refractivity contribution in [1.82, 2.24) is 5.48 Å². The van der Waals surface area contributed by atoms with Gasteiger partial charge in [-0.25, -0.2) is 0 Å². The summed E-state index contributed by atoms with van der Waals surface area (Å²) >= 11 is 0. The number of hydrogen-bond acceptors (Lipinski definition) is 3. The van der Waals surface area contributed by atoms with E-state index in [9.17, 15) is 0 Å². The topological polar surface area (TPSA) is 47.6 Å². The fourth-order valence-electron chi connectivity index (χ4n) is 0.794. The van der Waals surface area contributed by atoms with Crippen LogP contribution in [0.1, 0.15) is 17.6 Å². The van der Waals surface area contributed by atoms with Gasteiger partial charge in [-0.2, -0.15) is 5.48 Å². The molecule has 9 heavy (non-hydrogen) atoms. The average Bonchev–Trinajstić information content (AvgIpc) is 2.58. The summed E-state index contributed by atoms with van der Waals surface area (Å²) in [4.78, 5) is 4.79. The number of nitrogens with one attached hydrogen (secondary N) is 1. The minimum atomic E-state index is 0.0139. The molecule has 1 unspecified atom stereocenters. The molecule has 0 radical (unpaired) electrons. The summed E-state index contributed by atoms with van der Waals surface area (Å²) in [5.74, 6) is 0.884. The second-order valence-electron chi connectivity index (χ2n) is 2.08. The van der Waals surface area contributed by atoms with E-state index >= 15 is 0 Å². The van der Waals surface area contributed by atoms with Crippen LogP contribution in [0.25, 0.3) is 0 Å². The summed E-state index contributed by atoms with van der Waals surface area (Å²) < 4.78 is 5.10. The van der Waals surface area contributed by atoms with Gasteiger partial charge in [0.05, 0.1) is 6.26 Å². The van der Waals surface area contributed by atoms with Crippen molar-refractivity contribution >= 4 is 0 Å². The molecule has 3 heteroatoms. The van der Waals surface area contributed by atoms with E-state index in [0.717, 1.165) is 11.3 Å². The van der Waals surface area contributed by atoms with Gasteiger partial charge in [0.2, 0.25) is 6.23 Å². The quantitative estimate of drug-likeness (QED) is 0.572. The third kappa shape index (κ3) is 0.742. The number of furan rings is 1. The standard InChI is InChI=1S/C6H7NO2/c1-4-2-3-8-5(4)6-7-9-6/h2-3,6-7H,1H3. The highest BCUT2D eigenvalue weighted by molar-refractivity contribution is 5.17. The minimum absolute atomic E-state index is 0.0139. The second kappa shape index (κ2) is 1.59. The molecule has 2 heterocycles. The molecule has 0 aromatic carbocycles. The highest BCUT2D eigenvalue weighted by Gasteiger charge is 2.28. The van der Waals surface area contributed by atoms with Crippen molar-refractivity contribution < 1.29 is 9.25 Å². The highest BCUT2D eigenvalue weighted by Crippen LogP contribution is 2.26. The average molecular weight is 125 g/mol. The first kappa shape index (κ1) is 5.02. The number of hydrogen-bond donors (Lipinski definition) is 1. The summed E-state index contributed by atoms with van der Waals surface area (Å²) in [7, 11) is 0. The summed E-state index contributed by atoms with van der Waals surface area (Å²) in [6, 6.07) is 1.92. The molecule has 1 aromatic heterocycles. The largest absolute Gasteiger partial charge is 0.465 e. The predicted octanol–water partition coefficient (Wildman–Crippen LogP) is 1.12. The predicted molar refractivity (Wildman–Crippen MR) is 30.4 cm³/mol. The van der Waals surface area contributed by atoms with Gasteiger partial charge < -0.3 is 4.42 Å². The van der Waals surface area contributed by atoms with E-state index < -0.39 is 0 Å². The third-order valence-corrected chi connectivity index (χ3v) is 1.38. The van der Waals surface area contributed by atoms with Crippen LogP contribution in [-0.2, 0) is 4.84 Å². The lowest BCUT2D eigenvalue weighted by molar-refractivity contribution is 0.346. The van der Waals surface area contributed by atoms with Crippen LogP contribution in [0, 0.1) is 6.92 Å². The fourth-order valence-corrected chi connectivity index (χ4v) is 0.794. The Bertz CT molecular complexity index is 215. The Morgan fingerprint density at radius 3 is 2.89 bits per heavy atom. The molecule has 1 N–H and O–H groups in total. The van der Waals surface area contributed by atoms with Gasteiger partial charge in [0.1, 0.15) is 0 Å². The van der Waals surface area contributed by atoms with E-state index in [1.807, 2.05) is 13.0 Å². The van der Waals surface area contributed by atoms with E-state index in [2.05, 4.69) is 5.48 Å². The third-order valence-electron chi connectivity index (χ3n) is 1.38. The highest BCUT2D eigenvalue weighted by atomic mass is 16.8. The minimum Gasteiger partial charge on any atom is -0.465 e. The fraction of sp³-hybridized carbons (Fsp3) is 0.333. The van der Waals surface area contributed by atoms with Crippen LogP contribution in [0.3, 0.4) is 0 Å². The van der Waals surface area contributed by atoms with E-state index in [-0.39, 0.29) is 6.23 Å². The number of aryl methyl sites for hydroxylation is 1. The molecule has 48 valence electrons. The lowest BCUT2D eigenvalue weighted by Gasteiger charge is -1.85. The van der Waals surface area contributed by atoms with Crippen molar-refractivity contribution in [3.8, 4) is 0 Å². The smallest absolute Gasteiger partial charge is 0.209 e. The Hall–Kier alpha value is -0.800. The Morgan fingerprint density at radius 2 is 2.44 bits per heavy atom. The summed E-state index contributed by atoms with van der Waals surface area (Å²) in [5.41, 5.74) is 3.81. The Labute approximate surface area is 52.6 Å². The van der Waals surface area contributed by atoms with Crippen molar-refractivity contribution in [3.05, 3.63) is 23.7 Å². The van der Waals surface area contributed by atoms with Crippen LogP contribution in [0.2, 0.25) is 0 Å². The molecule has 3 nitrogen and oxygen atoms in total. The normalized spacial score (nSPS) is 24.3. The lowest BCUT2D eigenvalue weighted by atomic mass is 10.3. The monoisotopic (exact) mass is 125 g/mol. The van der Waals surface area contributed by atoms with Crippen LogP contribution < -0.4 is 5.48 Å². The molecule has 1 atom stereocenters. The number of hydroxylamine groups is 1. The molecule has 0 amide bonds. The first-order valence-electron chi connectivity index (χ1n) is 2.83. The van der Waals surface area contributed by atoms with E-state index in [1.165, 1.54) is 0 Å². The first-order valence-corrected chi connectivity index (χ1v) is 2.83. The molecule has 1 saturated heterocycles. The molecule has 1 aliphatic rings. The summed E-state index contributed by atoms with van der Waals surface area (Å²) in [5, 5.41) is 0. The van der Waals surface area contributed by atoms with Gasteiger partial charge in [-0.15, -0.1) is 0 Å². The van der Waals surface area contributed by atoms with E-state index in [4.69, 9.17) is 9.25 Å². The summed E-state index contributed by atoms with van der Waals surface area (Å²) in [6.45, 7) is 1.99. The SMILES string of the molecule is Cc1ccoc1C1NO1. The molecule has 0 aliphatic carbocycles. The Kier molecular flexibility index (Phi) is 0.886. The van der Waals surface area contributed by atoms with E-state index in [1.54, 1.807) is 6.26 Å². The van der Waals surface area contributed by atoms with E-state index in [0.29, 0.717) is 0 Å². The van der Waals surface area contributed by atoms with Crippen LogP contribution in [-0.4, -0.2) is 0 Å². The zero-order valence-corrected chi connectivity index (χ0v) is 5.05. The Balaban J connectivity index is 2.35. The van der Waals surface area contributed by atoms with Crippen LogP contribution >= 0.6 is 0 Å². The van der Waals surface area contributed by atoms with Gasteiger partial charge in [0, 0.05) is 0 Å². The van der Waals surface area contributed by atoms with Gasteiger partial charge >= 0.3 is 0 Å². The molecule has 0 bridgehead atoms. The van der Waals surface area contributed by atoms with Crippen molar-refractivity contribution in [2.75, 3.05) is 0 Å². The van der Waals surface area contributed by atoms with Gasteiger partial charge in [0.15, 0.2) is 5.76 Å². The van der Waals surface area contributed by atoms with Crippen molar-refractivity contribution in [1.29, 1.82) is 0 Å². The van der Waals surface area contributed by atoms with Crippen LogP contribution in [0.4, 0.5) is 0 Å². The van der Waals surface area contributed by atoms with Crippen molar-refractivity contribution in [2.24, 2.45) is 0 Å². The number of rotatable bonds is 1. The van der Waals surface area contributed by atoms with Crippen LogP contribution in [0.5, 0.6) is 0 Å². The molecule has 0 spiro atoms. The molecule has 2 rings (SSSR count). The van der Waals surface area contributed by atoms with Gasteiger partial charge in [0.25, 0.3) is 0 Å². The molecule has 1 aliphatic heterocycles. The van der Waals surface area contributed by atoms with Gasteiger partial charge in [-0.05, 0) is 18.6 Å². The van der Waals surface area contributed by atoms with Crippen LogP contribution in [0.15, 0.2) is 16.7 Å². The van der Waals surface area contributed by atoms with Gasteiger partial charge in [-0.3, -0.25) is 4.84 Å². The zero-order chi connectivity index (χ0) is 6.27. The summed E-state index contributed by atoms with van der Waals surface area (Å²) in [6.07, 6.45) is 1.67. The molecular formula is C6H7NO2. The van der Waals surface area contributed by atoms with Gasteiger partial charge in [-0.1, -0.05) is 0 Å². The van der Waals surface area contributed by atoms with Crippen molar-refractivity contribution in [3.63, 3.8) is 0 Å². The molecule has 0 saturated carbocycles. The molecular weight excluding hydrogens is 118 g/mol. The zero-order valence-electron chi connectivity index (χ0n) is 5.05. The Morgan fingerprint density at radius 1 is 1.67 bits per heavy atom. The lowest BCUT2D eigenvalue weighted by Crippen LogP contribution is -1.81. The maximum Gasteiger partial charge on any atom is 0.209 e. The van der Waals surface area contributed by atoms with Crippen molar-refractivity contribution in [2.45, 2.75) is 13.2 Å². The maximum atomic E-state index is 5.10. The first-order chi connectivity index (χ1) is 4.38. The molecule has 1 aromatic rings. The maximum absolute atomic E-state index is 5.10. The second-order valence-corrected chi connectivity index (χ2v) is 2.08.